The van der Waals surface area contributed by atoms with Crippen LogP contribution < -0.4 is 0 Å². The van der Waals surface area contributed by atoms with Gasteiger partial charge in [-0.15, -0.1) is 22.7 Å². The van der Waals surface area contributed by atoms with Gasteiger partial charge in [0.15, 0.2) is 3.92 Å². The van der Waals surface area contributed by atoms with Crippen molar-refractivity contribution in [3.05, 3.63) is 55.8 Å². The van der Waals surface area contributed by atoms with Gasteiger partial charge in [0.1, 0.15) is 14.8 Å². The molecule has 0 saturated carbocycles. The van der Waals surface area contributed by atoms with Gasteiger partial charge in [0.05, 0.1) is 42.7 Å². The molecule has 0 atom stereocenters. The molecule has 4 aromatic heterocycles. The minimum absolute atomic E-state index is 0.310. The van der Waals surface area contributed by atoms with Gasteiger partial charge >= 0.3 is 11.9 Å². The third-order valence-electron chi connectivity index (χ3n) is 4.46. The van der Waals surface area contributed by atoms with Crippen LogP contribution in [0.3, 0.4) is 0 Å². The molecule has 13 heteroatoms. The maximum atomic E-state index is 11.6. The molecule has 200 valence electrons. The van der Waals surface area contributed by atoms with E-state index in [4.69, 9.17) is 9.47 Å². The van der Waals surface area contributed by atoms with Gasteiger partial charge in [-0.25, -0.2) is 19.6 Å². The Morgan fingerprint density at radius 3 is 1.97 bits per heavy atom. The van der Waals surface area contributed by atoms with Crippen molar-refractivity contribution in [3.63, 3.8) is 0 Å². The van der Waals surface area contributed by atoms with Gasteiger partial charge in [-0.1, -0.05) is 0 Å². The van der Waals surface area contributed by atoms with Crippen LogP contribution in [0.15, 0.2) is 34.6 Å². The Balaban J connectivity index is 0.000000215. The highest BCUT2D eigenvalue weighted by Crippen LogP contribution is 2.26. The zero-order valence-corrected chi connectivity index (χ0v) is 24.9. The maximum absolute atomic E-state index is 11.6. The van der Waals surface area contributed by atoms with E-state index in [2.05, 4.69) is 43.0 Å². The molecule has 0 N–H and O–H groups in total. The first-order valence-electron chi connectivity index (χ1n) is 11.7. The summed E-state index contributed by atoms with van der Waals surface area (Å²) < 4.78 is 14.2. The van der Waals surface area contributed by atoms with Crippen LogP contribution in [0.1, 0.15) is 58.4 Å². The van der Waals surface area contributed by atoms with Gasteiger partial charge in [-0.2, -0.15) is 10.2 Å². The number of aryl methyl sites for hydroxylation is 4. The van der Waals surface area contributed by atoms with Gasteiger partial charge in [-0.3, -0.25) is 9.36 Å². The average Bonchev–Trinajstić information content (AvgIpc) is 3.67. The van der Waals surface area contributed by atoms with Crippen molar-refractivity contribution in [1.29, 1.82) is 0 Å². The number of halogens is 1. The molecule has 4 rings (SSSR count). The minimum Gasteiger partial charge on any atom is -0.462 e. The fourth-order valence-electron chi connectivity index (χ4n) is 2.84. The molecule has 4 aromatic rings. The van der Waals surface area contributed by atoms with Crippen molar-refractivity contribution in [2.24, 2.45) is 0 Å². The van der Waals surface area contributed by atoms with Crippen LogP contribution in [-0.4, -0.2) is 54.7 Å². The molecule has 37 heavy (non-hydrogen) atoms. The second-order valence-electron chi connectivity index (χ2n) is 7.25. The molecule has 0 aliphatic carbocycles. The molecule has 0 aliphatic heterocycles. The van der Waals surface area contributed by atoms with Crippen molar-refractivity contribution in [2.45, 2.75) is 54.6 Å². The summed E-state index contributed by atoms with van der Waals surface area (Å²) in [6, 6.07) is 3.97. The molecule has 0 saturated heterocycles. The maximum Gasteiger partial charge on any atom is 0.349 e. The third kappa shape index (κ3) is 9.48. The monoisotopic (exact) mass is 610 g/mol. The van der Waals surface area contributed by atoms with Crippen LogP contribution in [0.5, 0.6) is 0 Å². The Hall–Kier alpha value is -2.90. The first kappa shape index (κ1) is 30.3. The lowest BCUT2D eigenvalue weighted by Gasteiger charge is -2.00. The summed E-state index contributed by atoms with van der Waals surface area (Å²) in [5.41, 5.74) is 2.97. The fraction of sp³-hybridized carbons (Fsp3) is 0.417. The van der Waals surface area contributed by atoms with E-state index in [1.54, 1.807) is 20.0 Å². The van der Waals surface area contributed by atoms with E-state index in [9.17, 15) is 9.59 Å². The van der Waals surface area contributed by atoms with E-state index in [-0.39, 0.29) is 11.9 Å². The van der Waals surface area contributed by atoms with E-state index < -0.39 is 0 Å². The second-order valence-corrected chi connectivity index (χ2v) is 10.6. The highest BCUT2D eigenvalue weighted by atomic mass is 79.9. The molecule has 0 aliphatic rings. The topological polar surface area (TPSA) is 114 Å². The predicted molar refractivity (Wildman–Crippen MR) is 148 cm³/mol. The quantitative estimate of drug-likeness (QED) is 0.241. The van der Waals surface area contributed by atoms with Crippen molar-refractivity contribution in [1.82, 2.24) is 29.5 Å². The number of aromatic nitrogens is 6. The summed E-state index contributed by atoms with van der Waals surface area (Å²) in [6.07, 6.45) is 5.03. The highest BCUT2D eigenvalue weighted by molar-refractivity contribution is 9.11. The Morgan fingerprint density at radius 1 is 0.892 bits per heavy atom. The summed E-state index contributed by atoms with van der Waals surface area (Å²) in [6.45, 7) is 14.1. The number of carbonyl (C=O) groups excluding carboxylic acids is 2. The third-order valence-corrected chi connectivity index (χ3v) is 6.91. The minimum atomic E-state index is -0.319. The van der Waals surface area contributed by atoms with Crippen molar-refractivity contribution >= 4 is 50.5 Å². The van der Waals surface area contributed by atoms with Crippen LogP contribution in [0.25, 0.3) is 10.7 Å². The number of hydrogen-bond donors (Lipinski definition) is 0. The largest absolute Gasteiger partial charge is 0.462 e. The summed E-state index contributed by atoms with van der Waals surface area (Å²) in [5.74, 6) is -0.628. The molecule has 0 radical (unpaired) electrons. The zero-order valence-electron chi connectivity index (χ0n) is 21.7. The number of carbonyl (C=O) groups is 2. The Morgan fingerprint density at radius 2 is 1.51 bits per heavy atom. The number of hydrogen-bond acceptors (Lipinski definition) is 10. The van der Waals surface area contributed by atoms with Crippen molar-refractivity contribution in [3.8, 4) is 10.7 Å². The second kappa shape index (κ2) is 15.4. The molecule has 4 heterocycles. The van der Waals surface area contributed by atoms with Gasteiger partial charge < -0.3 is 9.47 Å². The van der Waals surface area contributed by atoms with Gasteiger partial charge in [0.2, 0.25) is 0 Å². The van der Waals surface area contributed by atoms with E-state index in [1.165, 1.54) is 28.9 Å². The predicted octanol–water partition coefficient (Wildman–Crippen LogP) is 5.81. The van der Waals surface area contributed by atoms with Gasteiger partial charge in [0, 0.05) is 19.3 Å². The van der Waals surface area contributed by atoms with Gasteiger partial charge in [-0.05, 0) is 69.6 Å². The molecule has 0 unspecified atom stereocenters. The fourth-order valence-corrected chi connectivity index (χ4v) is 4.83. The van der Waals surface area contributed by atoms with Crippen LogP contribution in [-0.2, 0) is 22.6 Å². The van der Waals surface area contributed by atoms with Crippen LogP contribution in [0, 0.1) is 13.8 Å². The summed E-state index contributed by atoms with van der Waals surface area (Å²) in [7, 11) is 0. The lowest BCUT2D eigenvalue weighted by molar-refractivity contribution is 0.0522. The molecule has 0 fully saturated rings. The van der Waals surface area contributed by atoms with E-state index in [0.717, 1.165) is 35.2 Å². The zero-order chi connectivity index (χ0) is 27.4. The summed E-state index contributed by atoms with van der Waals surface area (Å²) in [5, 5.41) is 9.30. The number of ether oxygens (including phenoxy) is 2. The van der Waals surface area contributed by atoms with E-state index in [1.807, 2.05) is 48.5 Å². The standard InChI is InChI=1S/C12H15N3O2S.C6H6BrNO2S.C6H10N2/c1-4-15-9(6-8(3)14-15)11-13-7-10(18-11)12(16)17-5-2;1-2-10-5(9)4-3-8-6(7)11-4;1-3-8-5-4-6(2)7-8/h6-7H,4-5H2,1-3H3;3H,2H2,1H3;4-5H,3H2,1-2H3. The molecule has 0 aromatic carbocycles. The molecular weight excluding hydrogens is 580 g/mol. The van der Waals surface area contributed by atoms with E-state index >= 15 is 0 Å². The van der Waals surface area contributed by atoms with Crippen LogP contribution in [0.4, 0.5) is 0 Å². The normalized spacial score (nSPS) is 10.1. The number of nitrogens with zero attached hydrogens (tertiary/aromatic N) is 6. The average molecular weight is 612 g/mol. The highest BCUT2D eigenvalue weighted by Gasteiger charge is 2.15. The van der Waals surface area contributed by atoms with Crippen LogP contribution >= 0.6 is 38.6 Å². The first-order chi connectivity index (χ1) is 17.7. The van der Waals surface area contributed by atoms with Gasteiger partial charge in [0.25, 0.3) is 0 Å². The molecule has 0 amide bonds. The van der Waals surface area contributed by atoms with Crippen molar-refractivity contribution < 1.29 is 19.1 Å². The lowest BCUT2D eigenvalue weighted by Crippen LogP contribution is -2.01. The number of esters is 2. The van der Waals surface area contributed by atoms with Crippen LogP contribution in [0.2, 0.25) is 0 Å². The summed E-state index contributed by atoms with van der Waals surface area (Å²) in [4.78, 5) is 31.7. The van der Waals surface area contributed by atoms with E-state index in [0.29, 0.717) is 26.9 Å². The number of rotatable bonds is 7. The SMILES string of the molecule is CCOC(=O)c1cnc(-c2cc(C)nn2CC)s1.CCOC(=O)c1cnc(Br)s1.CCn1ccc(C)n1. The molecule has 0 spiro atoms. The Kier molecular flexibility index (Phi) is 12.6. The Bertz CT molecular complexity index is 1280. The lowest BCUT2D eigenvalue weighted by atomic mass is 10.4. The van der Waals surface area contributed by atoms with Crippen molar-refractivity contribution in [2.75, 3.05) is 13.2 Å². The molecular formula is C24H31BrN6O4S2. The smallest absolute Gasteiger partial charge is 0.349 e. The number of thiazole rings is 2. The summed E-state index contributed by atoms with van der Waals surface area (Å²) >= 11 is 5.75. The molecule has 0 bridgehead atoms. The molecule has 10 nitrogen and oxygen atoms in total. The first-order valence-corrected chi connectivity index (χ1v) is 14.1. The Labute approximate surface area is 232 Å².